The maximum absolute atomic E-state index is 6.06. The van der Waals surface area contributed by atoms with E-state index >= 15 is 0 Å². The minimum absolute atomic E-state index is 0.123. The first-order chi connectivity index (χ1) is 6.03. The van der Waals surface area contributed by atoms with E-state index in [1.54, 1.807) is 0 Å². The van der Waals surface area contributed by atoms with Crippen LogP contribution in [0.25, 0.3) is 0 Å². The SMILES string of the molecule is Cc1cc(C2(N)CC2)cc(Cl)c1N. The average molecular weight is 197 g/mol. The Bertz CT molecular complexity index is 333. The van der Waals surface area contributed by atoms with E-state index in [0.29, 0.717) is 10.7 Å². The van der Waals surface area contributed by atoms with E-state index in [1.165, 1.54) is 0 Å². The summed E-state index contributed by atoms with van der Waals surface area (Å²) in [6.45, 7) is 1.95. The number of nitrogen functional groups attached to an aromatic ring is 1. The van der Waals surface area contributed by atoms with Crippen LogP contribution in [0.3, 0.4) is 0 Å². The molecule has 1 aromatic carbocycles. The Hall–Kier alpha value is -0.730. The predicted octanol–water partition coefficient (Wildman–Crippen LogP) is 2.18. The number of aryl methyl sites for hydroxylation is 1. The maximum Gasteiger partial charge on any atom is 0.0641 e. The topological polar surface area (TPSA) is 52.0 Å². The summed E-state index contributed by atoms with van der Waals surface area (Å²) in [4.78, 5) is 0. The van der Waals surface area contributed by atoms with Gasteiger partial charge in [-0.05, 0) is 37.0 Å². The first-order valence-corrected chi connectivity index (χ1v) is 4.76. The first kappa shape index (κ1) is 8.85. The number of nitrogens with two attached hydrogens (primary N) is 2. The number of anilines is 1. The van der Waals surface area contributed by atoms with Crippen molar-refractivity contribution in [3.05, 3.63) is 28.3 Å². The molecule has 2 nitrogen and oxygen atoms in total. The van der Waals surface area contributed by atoms with Crippen LogP contribution in [0.4, 0.5) is 5.69 Å². The molecule has 3 heteroatoms. The Balaban J connectivity index is 2.50. The van der Waals surface area contributed by atoms with Crippen LogP contribution in [0.2, 0.25) is 5.02 Å². The Morgan fingerprint density at radius 1 is 1.38 bits per heavy atom. The van der Waals surface area contributed by atoms with Crippen molar-refractivity contribution in [1.29, 1.82) is 0 Å². The lowest BCUT2D eigenvalue weighted by Crippen LogP contribution is -2.18. The zero-order chi connectivity index (χ0) is 9.64. The van der Waals surface area contributed by atoms with E-state index in [1.807, 2.05) is 19.1 Å². The zero-order valence-electron chi connectivity index (χ0n) is 7.60. The van der Waals surface area contributed by atoms with Gasteiger partial charge >= 0.3 is 0 Å². The summed E-state index contributed by atoms with van der Waals surface area (Å²) >= 11 is 5.97. The molecule has 0 atom stereocenters. The van der Waals surface area contributed by atoms with Gasteiger partial charge in [0.15, 0.2) is 0 Å². The molecule has 2 rings (SSSR count). The highest BCUT2D eigenvalue weighted by molar-refractivity contribution is 6.33. The summed E-state index contributed by atoms with van der Waals surface area (Å²) in [7, 11) is 0. The molecule has 0 amide bonds. The number of hydrogen-bond donors (Lipinski definition) is 2. The minimum atomic E-state index is -0.123. The smallest absolute Gasteiger partial charge is 0.0641 e. The van der Waals surface area contributed by atoms with Gasteiger partial charge in [0.1, 0.15) is 0 Å². The predicted molar refractivity (Wildman–Crippen MR) is 55.7 cm³/mol. The Morgan fingerprint density at radius 3 is 2.46 bits per heavy atom. The van der Waals surface area contributed by atoms with Crippen LogP contribution in [-0.4, -0.2) is 0 Å². The van der Waals surface area contributed by atoms with Crippen LogP contribution in [0.15, 0.2) is 12.1 Å². The second-order valence-electron chi connectivity index (χ2n) is 3.84. The van der Waals surface area contributed by atoms with Gasteiger partial charge in [-0.25, -0.2) is 0 Å². The van der Waals surface area contributed by atoms with Gasteiger partial charge < -0.3 is 11.5 Å². The molecule has 0 bridgehead atoms. The van der Waals surface area contributed by atoms with E-state index in [0.717, 1.165) is 24.0 Å². The highest BCUT2D eigenvalue weighted by Gasteiger charge is 2.40. The van der Waals surface area contributed by atoms with Gasteiger partial charge in [0.2, 0.25) is 0 Å². The molecule has 0 radical (unpaired) electrons. The van der Waals surface area contributed by atoms with Crippen molar-refractivity contribution in [1.82, 2.24) is 0 Å². The van der Waals surface area contributed by atoms with Crippen LogP contribution in [0, 0.1) is 6.92 Å². The van der Waals surface area contributed by atoms with Gasteiger partial charge in [-0.1, -0.05) is 17.7 Å². The molecule has 1 aromatic rings. The van der Waals surface area contributed by atoms with Crippen molar-refractivity contribution in [2.75, 3.05) is 5.73 Å². The zero-order valence-corrected chi connectivity index (χ0v) is 8.36. The summed E-state index contributed by atoms with van der Waals surface area (Å²) in [6.07, 6.45) is 2.10. The van der Waals surface area contributed by atoms with Gasteiger partial charge in [0, 0.05) is 5.54 Å². The number of hydrogen-bond acceptors (Lipinski definition) is 2. The Labute approximate surface area is 82.9 Å². The fraction of sp³-hybridized carbons (Fsp3) is 0.400. The molecule has 4 N–H and O–H groups in total. The van der Waals surface area contributed by atoms with Crippen molar-refractivity contribution >= 4 is 17.3 Å². The van der Waals surface area contributed by atoms with E-state index in [-0.39, 0.29) is 5.54 Å². The summed E-state index contributed by atoms with van der Waals surface area (Å²) in [5, 5.41) is 0.617. The van der Waals surface area contributed by atoms with Gasteiger partial charge in [-0.15, -0.1) is 0 Å². The van der Waals surface area contributed by atoms with Crippen LogP contribution >= 0.6 is 11.6 Å². The molecule has 0 heterocycles. The van der Waals surface area contributed by atoms with Gasteiger partial charge in [-0.3, -0.25) is 0 Å². The average Bonchev–Trinajstić information content (AvgIpc) is 2.80. The fourth-order valence-corrected chi connectivity index (χ4v) is 1.73. The summed E-state index contributed by atoms with van der Waals surface area (Å²) in [6, 6.07) is 3.92. The van der Waals surface area contributed by atoms with Crippen molar-refractivity contribution in [3.63, 3.8) is 0 Å². The summed E-state index contributed by atoms with van der Waals surface area (Å²) in [5.41, 5.74) is 14.5. The highest BCUT2D eigenvalue weighted by atomic mass is 35.5. The van der Waals surface area contributed by atoms with Crippen LogP contribution in [0.5, 0.6) is 0 Å². The van der Waals surface area contributed by atoms with Gasteiger partial charge in [0.25, 0.3) is 0 Å². The summed E-state index contributed by atoms with van der Waals surface area (Å²) in [5.74, 6) is 0. The molecular weight excluding hydrogens is 184 g/mol. The molecule has 0 aliphatic heterocycles. The second-order valence-corrected chi connectivity index (χ2v) is 4.25. The van der Waals surface area contributed by atoms with E-state index in [4.69, 9.17) is 23.1 Å². The van der Waals surface area contributed by atoms with Crippen molar-refractivity contribution in [3.8, 4) is 0 Å². The largest absolute Gasteiger partial charge is 0.397 e. The summed E-state index contributed by atoms with van der Waals surface area (Å²) < 4.78 is 0. The van der Waals surface area contributed by atoms with E-state index < -0.39 is 0 Å². The van der Waals surface area contributed by atoms with Crippen molar-refractivity contribution in [2.24, 2.45) is 5.73 Å². The van der Waals surface area contributed by atoms with Gasteiger partial charge in [0.05, 0.1) is 10.7 Å². The van der Waals surface area contributed by atoms with Crippen molar-refractivity contribution < 1.29 is 0 Å². The fourth-order valence-electron chi connectivity index (χ4n) is 1.47. The molecule has 1 aliphatic rings. The Kier molecular flexibility index (Phi) is 1.79. The standard InChI is InChI=1S/C10H13ClN2/c1-6-4-7(10(13)2-3-10)5-8(11)9(6)12/h4-5H,2-3,12-13H2,1H3. The molecule has 1 aliphatic carbocycles. The third-order valence-electron chi connectivity index (χ3n) is 2.70. The lowest BCUT2D eigenvalue weighted by molar-refractivity contribution is 0.739. The number of halogens is 1. The number of rotatable bonds is 1. The molecule has 70 valence electrons. The molecule has 0 spiro atoms. The quantitative estimate of drug-likeness (QED) is 0.677. The minimum Gasteiger partial charge on any atom is -0.397 e. The van der Waals surface area contributed by atoms with Crippen LogP contribution in [0.1, 0.15) is 24.0 Å². The lowest BCUT2D eigenvalue weighted by Gasteiger charge is -2.12. The lowest BCUT2D eigenvalue weighted by atomic mass is 10.0. The monoisotopic (exact) mass is 196 g/mol. The maximum atomic E-state index is 6.06. The van der Waals surface area contributed by atoms with Crippen LogP contribution in [-0.2, 0) is 5.54 Å². The molecule has 0 aromatic heterocycles. The molecule has 13 heavy (non-hydrogen) atoms. The molecule has 0 saturated heterocycles. The molecule has 1 saturated carbocycles. The first-order valence-electron chi connectivity index (χ1n) is 4.38. The van der Waals surface area contributed by atoms with E-state index in [9.17, 15) is 0 Å². The van der Waals surface area contributed by atoms with Crippen LogP contribution < -0.4 is 11.5 Å². The van der Waals surface area contributed by atoms with Crippen molar-refractivity contribution in [2.45, 2.75) is 25.3 Å². The highest BCUT2D eigenvalue weighted by Crippen LogP contribution is 2.44. The molecular formula is C10H13ClN2. The van der Waals surface area contributed by atoms with Gasteiger partial charge in [-0.2, -0.15) is 0 Å². The Morgan fingerprint density at radius 2 is 2.00 bits per heavy atom. The normalized spacial score (nSPS) is 18.7. The molecule has 1 fully saturated rings. The number of benzene rings is 1. The third kappa shape index (κ3) is 1.40. The third-order valence-corrected chi connectivity index (χ3v) is 3.01. The molecule has 0 unspecified atom stereocenters. The second kappa shape index (κ2) is 2.63. The van der Waals surface area contributed by atoms with E-state index in [2.05, 4.69) is 0 Å².